The number of hydrogen-bond donors (Lipinski definition) is 0. The van der Waals surface area contributed by atoms with Gasteiger partial charge in [-0.2, -0.15) is 0 Å². The van der Waals surface area contributed by atoms with E-state index in [9.17, 15) is 14.0 Å². The minimum absolute atomic E-state index is 0.00579. The number of Topliss-reactive ketones (excluding diaryl/α,β-unsaturated/α-hetero) is 1. The molecular formula is C17H13Cl2FO3. The van der Waals surface area contributed by atoms with Gasteiger partial charge in [0.05, 0.1) is 16.5 Å². The first-order valence-electron chi connectivity index (χ1n) is 6.84. The summed E-state index contributed by atoms with van der Waals surface area (Å²) in [6, 6.07) is 10.1. The second-order valence-electron chi connectivity index (χ2n) is 4.84. The lowest BCUT2D eigenvalue weighted by Crippen LogP contribution is -2.08. The lowest BCUT2D eigenvalue weighted by atomic mass is 10.1. The van der Waals surface area contributed by atoms with Crippen LogP contribution in [0.3, 0.4) is 0 Å². The van der Waals surface area contributed by atoms with Crippen LogP contribution in [0.2, 0.25) is 10.0 Å². The zero-order chi connectivity index (χ0) is 16.8. The largest absolute Gasteiger partial charge is 0.461 e. The quantitative estimate of drug-likeness (QED) is 0.550. The number of carbonyl (C=O) groups is 2. The van der Waals surface area contributed by atoms with Gasteiger partial charge in [0.2, 0.25) is 0 Å². The molecule has 0 aromatic heterocycles. The summed E-state index contributed by atoms with van der Waals surface area (Å²) in [5, 5.41) is 0.804. The van der Waals surface area contributed by atoms with Crippen molar-refractivity contribution in [3.8, 4) is 0 Å². The van der Waals surface area contributed by atoms with Crippen LogP contribution in [-0.4, -0.2) is 11.8 Å². The van der Waals surface area contributed by atoms with Gasteiger partial charge in [-0.1, -0.05) is 29.3 Å². The molecule has 120 valence electrons. The summed E-state index contributed by atoms with van der Waals surface area (Å²) in [5.74, 6) is -1.15. The van der Waals surface area contributed by atoms with E-state index < -0.39 is 11.8 Å². The van der Waals surface area contributed by atoms with Crippen molar-refractivity contribution in [1.82, 2.24) is 0 Å². The third-order valence-electron chi connectivity index (χ3n) is 3.11. The van der Waals surface area contributed by atoms with Gasteiger partial charge >= 0.3 is 5.97 Å². The molecule has 3 nitrogen and oxygen atoms in total. The molecule has 0 bridgehead atoms. The van der Waals surface area contributed by atoms with Crippen molar-refractivity contribution in [2.45, 2.75) is 19.4 Å². The van der Waals surface area contributed by atoms with E-state index >= 15 is 0 Å². The maximum absolute atomic E-state index is 12.8. The number of benzene rings is 2. The minimum Gasteiger partial charge on any atom is -0.461 e. The highest BCUT2D eigenvalue weighted by Crippen LogP contribution is 2.23. The Morgan fingerprint density at radius 1 is 0.957 bits per heavy atom. The second kappa shape index (κ2) is 8.09. The van der Waals surface area contributed by atoms with Crippen molar-refractivity contribution in [3.63, 3.8) is 0 Å². The third kappa shape index (κ3) is 5.34. The maximum Gasteiger partial charge on any atom is 0.306 e. The maximum atomic E-state index is 12.8. The molecule has 6 heteroatoms. The fourth-order valence-electron chi connectivity index (χ4n) is 1.86. The predicted molar refractivity (Wildman–Crippen MR) is 86.2 cm³/mol. The highest BCUT2D eigenvalue weighted by atomic mass is 35.5. The van der Waals surface area contributed by atoms with Crippen LogP contribution in [0.4, 0.5) is 4.39 Å². The molecular weight excluding hydrogens is 342 g/mol. The van der Waals surface area contributed by atoms with E-state index in [4.69, 9.17) is 27.9 Å². The molecule has 0 aliphatic rings. The molecule has 2 rings (SSSR count). The fraction of sp³-hybridized carbons (Fsp3) is 0.176. The van der Waals surface area contributed by atoms with Crippen molar-refractivity contribution in [2.75, 3.05) is 0 Å². The second-order valence-corrected chi connectivity index (χ2v) is 5.65. The molecule has 0 atom stereocenters. The van der Waals surface area contributed by atoms with Crippen molar-refractivity contribution >= 4 is 35.0 Å². The SMILES string of the molecule is O=C(CCC(=O)c1ccc(F)cc1)OCc1ccc(Cl)c(Cl)c1. The summed E-state index contributed by atoms with van der Waals surface area (Å²) < 4.78 is 17.9. The Labute approximate surface area is 143 Å². The Bertz CT molecular complexity index is 714. The van der Waals surface area contributed by atoms with E-state index in [2.05, 4.69) is 0 Å². The average molecular weight is 355 g/mol. The van der Waals surface area contributed by atoms with Crippen molar-refractivity contribution in [2.24, 2.45) is 0 Å². The molecule has 0 saturated heterocycles. The first kappa shape index (κ1) is 17.4. The van der Waals surface area contributed by atoms with Crippen LogP contribution in [0.25, 0.3) is 0 Å². The van der Waals surface area contributed by atoms with Gasteiger partial charge in [0.15, 0.2) is 5.78 Å². The molecule has 0 spiro atoms. The number of esters is 1. The lowest BCUT2D eigenvalue weighted by Gasteiger charge is -2.06. The lowest BCUT2D eigenvalue weighted by molar-refractivity contribution is -0.144. The van der Waals surface area contributed by atoms with E-state index in [0.29, 0.717) is 21.2 Å². The van der Waals surface area contributed by atoms with Crippen LogP contribution >= 0.6 is 23.2 Å². The van der Waals surface area contributed by atoms with Gasteiger partial charge in [-0.15, -0.1) is 0 Å². The zero-order valence-electron chi connectivity index (χ0n) is 12.0. The highest BCUT2D eigenvalue weighted by molar-refractivity contribution is 6.42. The van der Waals surface area contributed by atoms with Crippen molar-refractivity contribution < 1.29 is 18.7 Å². The zero-order valence-corrected chi connectivity index (χ0v) is 13.5. The third-order valence-corrected chi connectivity index (χ3v) is 3.85. The van der Waals surface area contributed by atoms with E-state index in [1.165, 1.54) is 24.3 Å². The summed E-state index contributed by atoms with van der Waals surface area (Å²) >= 11 is 11.7. The average Bonchev–Trinajstić information content (AvgIpc) is 2.54. The minimum atomic E-state index is -0.494. The van der Waals surface area contributed by atoms with E-state index in [1.807, 2.05) is 0 Å². The Morgan fingerprint density at radius 2 is 1.65 bits per heavy atom. The Hall–Kier alpha value is -1.91. The normalized spacial score (nSPS) is 10.4. The summed E-state index contributed by atoms with van der Waals surface area (Å²) in [4.78, 5) is 23.5. The Balaban J connectivity index is 1.79. The highest BCUT2D eigenvalue weighted by Gasteiger charge is 2.11. The topological polar surface area (TPSA) is 43.4 Å². The van der Waals surface area contributed by atoms with Gasteiger partial charge < -0.3 is 4.74 Å². The monoisotopic (exact) mass is 354 g/mol. The Morgan fingerprint density at radius 3 is 2.30 bits per heavy atom. The van der Waals surface area contributed by atoms with E-state index in [1.54, 1.807) is 18.2 Å². The number of carbonyl (C=O) groups excluding carboxylic acids is 2. The molecule has 0 fully saturated rings. The first-order valence-corrected chi connectivity index (χ1v) is 7.59. The van der Waals surface area contributed by atoms with Crippen LogP contribution in [0.15, 0.2) is 42.5 Å². The molecule has 2 aromatic carbocycles. The predicted octanol–water partition coefficient (Wildman–Crippen LogP) is 4.84. The number of halogens is 3. The molecule has 23 heavy (non-hydrogen) atoms. The van der Waals surface area contributed by atoms with Gasteiger partial charge in [0.25, 0.3) is 0 Å². The molecule has 0 radical (unpaired) electrons. The van der Waals surface area contributed by atoms with Gasteiger partial charge in [0, 0.05) is 12.0 Å². The van der Waals surface area contributed by atoms with Gasteiger partial charge in [-0.25, -0.2) is 4.39 Å². The number of ketones is 1. The molecule has 2 aromatic rings. The number of rotatable bonds is 6. The molecule has 0 saturated carbocycles. The van der Waals surface area contributed by atoms with Crippen molar-refractivity contribution in [1.29, 1.82) is 0 Å². The molecule has 0 unspecified atom stereocenters. The number of ether oxygens (including phenoxy) is 1. The fourth-order valence-corrected chi connectivity index (χ4v) is 2.18. The summed E-state index contributed by atoms with van der Waals surface area (Å²) in [5.41, 5.74) is 1.07. The van der Waals surface area contributed by atoms with Gasteiger partial charge in [0.1, 0.15) is 12.4 Å². The smallest absolute Gasteiger partial charge is 0.306 e. The van der Waals surface area contributed by atoms with Crippen LogP contribution in [0, 0.1) is 5.82 Å². The van der Waals surface area contributed by atoms with E-state index in [0.717, 1.165) is 0 Å². The van der Waals surface area contributed by atoms with Crippen LogP contribution < -0.4 is 0 Å². The molecule has 0 aliphatic carbocycles. The van der Waals surface area contributed by atoms with Crippen LogP contribution in [-0.2, 0) is 16.1 Å². The number of hydrogen-bond acceptors (Lipinski definition) is 3. The summed E-state index contributed by atoms with van der Waals surface area (Å²) in [6.45, 7) is 0.0560. The van der Waals surface area contributed by atoms with E-state index in [-0.39, 0.29) is 25.2 Å². The first-order chi connectivity index (χ1) is 11.0. The molecule has 0 heterocycles. The van der Waals surface area contributed by atoms with Crippen LogP contribution in [0.5, 0.6) is 0 Å². The molecule has 0 aliphatic heterocycles. The van der Waals surface area contributed by atoms with Crippen LogP contribution in [0.1, 0.15) is 28.8 Å². The Kier molecular flexibility index (Phi) is 6.13. The van der Waals surface area contributed by atoms with Gasteiger partial charge in [-0.05, 0) is 42.0 Å². The standard InChI is InChI=1S/C17H13Cl2FO3/c18-14-6-1-11(9-15(14)19)10-23-17(22)8-7-16(21)12-2-4-13(20)5-3-12/h1-6,9H,7-8,10H2. The van der Waals surface area contributed by atoms with Gasteiger partial charge in [-0.3, -0.25) is 9.59 Å². The molecule has 0 amide bonds. The van der Waals surface area contributed by atoms with Crippen molar-refractivity contribution in [3.05, 3.63) is 69.5 Å². The summed E-state index contributed by atoms with van der Waals surface area (Å²) in [6.07, 6.45) is -0.0383. The molecule has 0 N–H and O–H groups in total. The summed E-state index contributed by atoms with van der Waals surface area (Å²) in [7, 11) is 0.